The van der Waals surface area contributed by atoms with Crippen molar-refractivity contribution >= 4 is 34.3 Å². The molecule has 1 aromatic heterocycles. The summed E-state index contributed by atoms with van der Waals surface area (Å²) in [5.41, 5.74) is 3.45. The molecule has 2 N–H and O–H groups in total. The van der Waals surface area contributed by atoms with Gasteiger partial charge in [-0.1, -0.05) is 42.5 Å². The minimum absolute atomic E-state index is 0.00604. The smallest absolute Gasteiger partial charge is 0.265 e. The number of carbonyl (C=O) groups is 1. The maximum Gasteiger partial charge on any atom is 0.265 e. The number of amides is 1. The van der Waals surface area contributed by atoms with Gasteiger partial charge in [-0.2, -0.15) is 0 Å². The molecule has 0 fully saturated rings. The van der Waals surface area contributed by atoms with E-state index >= 15 is 0 Å². The van der Waals surface area contributed by atoms with Crippen LogP contribution in [0.3, 0.4) is 0 Å². The summed E-state index contributed by atoms with van der Waals surface area (Å²) in [7, 11) is 0. The number of anilines is 1. The van der Waals surface area contributed by atoms with Crippen LogP contribution in [0.4, 0.5) is 5.69 Å². The lowest BCUT2D eigenvalue weighted by Crippen LogP contribution is -2.30. The third-order valence-electron chi connectivity index (χ3n) is 5.08. The summed E-state index contributed by atoms with van der Waals surface area (Å²) < 4.78 is 5.72. The molecule has 0 radical (unpaired) electrons. The quantitative estimate of drug-likeness (QED) is 0.368. The van der Waals surface area contributed by atoms with Crippen molar-refractivity contribution < 1.29 is 9.53 Å². The predicted molar refractivity (Wildman–Crippen MR) is 130 cm³/mol. The highest BCUT2D eigenvalue weighted by Crippen LogP contribution is 2.30. The maximum atomic E-state index is 12.7. The molecule has 0 saturated carbocycles. The molecule has 0 aliphatic heterocycles. The van der Waals surface area contributed by atoms with Gasteiger partial charge in [0.05, 0.1) is 11.2 Å². The van der Waals surface area contributed by atoms with Crippen LogP contribution in [-0.4, -0.2) is 17.0 Å². The van der Waals surface area contributed by atoms with Crippen molar-refractivity contribution in [3.8, 4) is 5.75 Å². The first kappa shape index (κ1) is 21.7. The van der Waals surface area contributed by atoms with E-state index < -0.39 is 6.10 Å². The highest BCUT2D eigenvalue weighted by atomic mass is 32.2. The van der Waals surface area contributed by atoms with Gasteiger partial charge < -0.3 is 15.0 Å². The lowest BCUT2D eigenvalue weighted by Gasteiger charge is -2.16. The number of benzene rings is 3. The van der Waals surface area contributed by atoms with Crippen molar-refractivity contribution in [2.45, 2.75) is 30.6 Å². The van der Waals surface area contributed by atoms with Gasteiger partial charge in [-0.15, -0.1) is 11.8 Å². The molecule has 4 rings (SSSR count). The fourth-order valence-electron chi connectivity index (χ4n) is 3.39. The number of aryl methyl sites for hydroxylation is 1. The van der Waals surface area contributed by atoms with E-state index in [9.17, 15) is 9.59 Å². The number of nitrogens with one attached hydrogen (secondary N) is 2. The normalized spacial score (nSPS) is 11.8. The second-order valence-electron chi connectivity index (χ2n) is 7.50. The molecule has 1 unspecified atom stereocenters. The van der Waals surface area contributed by atoms with Crippen molar-refractivity contribution in [3.05, 3.63) is 100 Å². The molecule has 3 aromatic carbocycles. The van der Waals surface area contributed by atoms with Gasteiger partial charge in [-0.05, 0) is 49.7 Å². The van der Waals surface area contributed by atoms with E-state index in [1.165, 1.54) is 0 Å². The summed E-state index contributed by atoms with van der Waals surface area (Å²) >= 11 is 1.56. The van der Waals surface area contributed by atoms with E-state index in [-0.39, 0.29) is 11.3 Å². The third kappa shape index (κ3) is 5.03. The summed E-state index contributed by atoms with van der Waals surface area (Å²) in [4.78, 5) is 29.5. The van der Waals surface area contributed by atoms with Crippen molar-refractivity contribution in [2.75, 3.05) is 5.32 Å². The van der Waals surface area contributed by atoms with Gasteiger partial charge in [0.15, 0.2) is 11.5 Å². The first-order chi connectivity index (χ1) is 15.5. The minimum atomic E-state index is -0.643. The van der Waals surface area contributed by atoms with Crippen LogP contribution >= 0.6 is 11.8 Å². The Morgan fingerprint density at radius 1 is 1.03 bits per heavy atom. The Kier molecular flexibility index (Phi) is 6.61. The number of aromatic amines is 1. The zero-order chi connectivity index (χ0) is 22.5. The number of hydrogen-bond donors (Lipinski definition) is 2. The summed E-state index contributed by atoms with van der Waals surface area (Å²) in [6, 6.07) is 24.2. The topological polar surface area (TPSA) is 71.2 Å². The summed E-state index contributed by atoms with van der Waals surface area (Å²) in [6.45, 7) is 3.71. The van der Waals surface area contributed by atoms with E-state index in [4.69, 9.17) is 4.74 Å². The average molecular weight is 445 g/mol. The van der Waals surface area contributed by atoms with E-state index in [1.807, 2.05) is 79.7 Å². The lowest BCUT2D eigenvalue weighted by atomic mass is 10.1. The molecule has 0 aliphatic carbocycles. The predicted octanol–water partition coefficient (Wildman–Crippen LogP) is 5.53. The number of para-hydroxylation sites is 3. The molecule has 1 heterocycles. The third-order valence-corrected chi connectivity index (χ3v) is 6.20. The second kappa shape index (κ2) is 9.75. The fraction of sp³-hybridized carbons (Fsp3) is 0.154. The monoisotopic (exact) mass is 444 g/mol. The molecule has 162 valence electrons. The van der Waals surface area contributed by atoms with Crippen molar-refractivity contribution in [3.63, 3.8) is 0 Å². The van der Waals surface area contributed by atoms with Gasteiger partial charge in [0.1, 0.15) is 5.75 Å². The lowest BCUT2D eigenvalue weighted by molar-refractivity contribution is -0.122. The zero-order valence-corrected chi connectivity index (χ0v) is 18.7. The van der Waals surface area contributed by atoms with E-state index in [0.29, 0.717) is 22.6 Å². The van der Waals surface area contributed by atoms with Crippen molar-refractivity contribution in [2.24, 2.45) is 0 Å². The Labute approximate surface area is 190 Å². The van der Waals surface area contributed by atoms with Crippen LogP contribution in [0.25, 0.3) is 10.9 Å². The van der Waals surface area contributed by atoms with Gasteiger partial charge in [0.25, 0.3) is 5.91 Å². The SMILES string of the molecule is Cc1cccc2c(=O)cc(CSc3ccccc3NC(=O)C(C)Oc3ccccc3)[nH]c12. The molecule has 5 nitrogen and oxygen atoms in total. The van der Waals surface area contributed by atoms with Gasteiger partial charge >= 0.3 is 0 Å². The summed E-state index contributed by atoms with van der Waals surface area (Å²) in [5, 5.41) is 3.65. The van der Waals surface area contributed by atoms with E-state index in [1.54, 1.807) is 24.8 Å². The number of carbonyl (C=O) groups excluding carboxylic acids is 1. The standard InChI is InChI=1S/C26H24N2O3S/c1-17-9-8-12-21-23(29)15-19(27-25(17)21)16-32-24-14-7-6-13-22(24)28-26(30)18(2)31-20-10-4-3-5-11-20/h3-15,18H,16H2,1-2H3,(H,27,29)(H,28,30). The van der Waals surface area contributed by atoms with Crippen LogP contribution in [0, 0.1) is 6.92 Å². The van der Waals surface area contributed by atoms with Crippen LogP contribution in [-0.2, 0) is 10.5 Å². The zero-order valence-electron chi connectivity index (χ0n) is 17.9. The Hall–Kier alpha value is -3.51. The Bertz CT molecular complexity index is 1300. The molecule has 1 atom stereocenters. The largest absolute Gasteiger partial charge is 0.481 e. The maximum absolute atomic E-state index is 12.7. The Morgan fingerprint density at radius 3 is 2.59 bits per heavy atom. The number of thioether (sulfide) groups is 1. The van der Waals surface area contributed by atoms with Crippen molar-refractivity contribution in [1.82, 2.24) is 4.98 Å². The molecule has 6 heteroatoms. The van der Waals surface area contributed by atoms with Gasteiger partial charge in [0, 0.05) is 27.8 Å². The number of fused-ring (bicyclic) bond motifs is 1. The summed E-state index contributed by atoms with van der Waals surface area (Å²) in [5.74, 6) is 0.993. The molecule has 0 bridgehead atoms. The van der Waals surface area contributed by atoms with Crippen LogP contribution in [0.1, 0.15) is 18.2 Å². The molecule has 0 saturated heterocycles. The molecule has 0 aliphatic rings. The number of rotatable bonds is 7. The molecule has 1 amide bonds. The molecule has 4 aromatic rings. The Morgan fingerprint density at radius 2 is 1.78 bits per heavy atom. The molecule has 0 spiro atoms. The van der Waals surface area contributed by atoms with Gasteiger partial charge in [-0.25, -0.2) is 0 Å². The number of aromatic nitrogens is 1. The second-order valence-corrected chi connectivity index (χ2v) is 8.52. The number of hydrogen-bond acceptors (Lipinski definition) is 4. The molecular weight excluding hydrogens is 420 g/mol. The summed E-state index contributed by atoms with van der Waals surface area (Å²) in [6.07, 6.45) is -0.643. The van der Waals surface area contributed by atoms with E-state index in [2.05, 4.69) is 10.3 Å². The first-order valence-corrected chi connectivity index (χ1v) is 11.4. The molecule has 32 heavy (non-hydrogen) atoms. The van der Waals surface area contributed by atoms with Crippen molar-refractivity contribution in [1.29, 1.82) is 0 Å². The first-order valence-electron chi connectivity index (χ1n) is 10.4. The number of ether oxygens (including phenoxy) is 1. The van der Waals surface area contributed by atoms with Gasteiger partial charge in [-0.3, -0.25) is 9.59 Å². The van der Waals surface area contributed by atoms with Gasteiger partial charge in [0.2, 0.25) is 0 Å². The van der Waals surface area contributed by atoms with Crippen LogP contribution < -0.4 is 15.5 Å². The Balaban J connectivity index is 1.47. The van der Waals surface area contributed by atoms with Crippen LogP contribution in [0.5, 0.6) is 5.75 Å². The highest BCUT2D eigenvalue weighted by Gasteiger charge is 2.16. The molecular formula is C26H24N2O3S. The van der Waals surface area contributed by atoms with Crippen LogP contribution in [0.15, 0.2) is 88.6 Å². The van der Waals surface area contributed by atoms with Crippen LogP contribution in [0.2, 0.25) is 0 Å². The number of H-pyrrole nitrogens is 1. The highest BCUT2D eigenvalue weighted by molar-refractivity contribution is 7.98. The van der Waals surface area contributed by atoms with E-state index in [0.717, 1.165) is 21.7 Å². The number of pyridine rings is 1. The minimum Gasteiger partial charge on any atom is -0.481 e. The fourth-order valence-corrected chi connectivity index (χ4v) is 4.31. The average Bonchev–Trinajstić information content (AvgIpc) is 2.80.